The van der Waals surface area contributed by atoms with E-state index in [9.17, 15) is 29.1 Å². The molecule has 3 atom stereocenters. The number of urea groups is 1. The van der Waals surface area contributed by atoms with Crippen molar-refractivity contribution < 1.29 is 38.6 Å². The van der Waals surface area contributed by atoms with Gasteiger partial charge in [0, 0.05) is 13.0 Å². The van der Waals surface area contributed by atoms with E-state index in [1.165, 1.54) is 12.1 Å². The Morgan fingerprint density at radius 3 is 1.95 bits per heavy atom. The van der Waals surface area contributed by atoms with Gasteiger partial charge in [0.1, 0.15) is 30.5 Å². The van der Waals surface area contributed by atoms with Gasteiger partial charge in [-0.05, 0) is 29.5 Å². The van der Waals surface area contributed by atoms with E-state index in [4.69, 9.17) is 9.47 Å². The molecule has 1 heterocycles. The zero-order valence-corrected chi connectivity index (χ0v) is 23.2. The molecular weight excluding hydrogens is 524 g/mol. The van der Waals surface area contributed by atoms with Gasteiger partial charge >= 0.3 is 6.03 Å². The van der Waals surface area contributed by atoms with Gasteiger partial charge in [0.15, 0.2) is 0 Å². The van der Waals surface area contributed by atoms with E-state index in [0.717, 1.165) is 0 Å². The van der Waals surface area contributed by atoms with E-state index in [1.807, 2.05) is 0 Å². The van der Waals surface area contributed by atoms with Crippen molar-refractivity contribution in [3.05, 3.63) is 29.8 Å². The smallest absolute Gasteiger partial charge is 0.316 e. The summed E-state index contributed by atoms with van der Waals surface area (Å²) >= 11 is 0. The van der Waals surface area contributed by atoms with Crippen LogP contribution in [0.5, 0.6) is 5.75 Å². The molecule has 1 aliphatic heterocycles. The average Bonchev–Trinajstić information content (AvgIpc) is 2.90. The minimum Gasteiger partial charge on any atom is -0.508 e. The Balaban J connectivity index is 2.20. The van der Waals surface area contributed by atoms with E-state index in [1.54, 1.807) is 39.8 Å². The lowest BCUT2D eigenvalue weighted by Gasteiger charge is -2.25. The fraction of sp³-hybridized carbons (Fsp3) is 0.577. The van der Waals surface area contributed by atoms with Gasteiger partial charge in [0.25, 0.3) is 11.8 Å². The first-order chi connectivity index (χ1) is 19.0. The summed E-state index contributed by atoms with van der Waals surface area (Å²) in [6.07, 6.45) is 0.112. The Morgan fingerprint density at radius 2 is 1.35 bits per heavy atom. The first-order valence-corrected chi connectivity index (χ1v) is 13.1. The Kier molecular flexibility index (Phi) is 13.1. The summed E-state index contributed by atoms with van der Waals surface area (Å²) in [6, 6.07) is 2.39. The quantitative estimate of drug-likeness (QED) is 0.244. The second-order valence-electron chi connectivity index (χ2n) is 9.99. The van der Waals surface area contributed by atoms with Crippen molar-refractivity contribution in [3.63, 3.8) is 0 Å². The highest BCUT2D eigenvalue weighted by Gasteiger charge is 2.29. The number of carbonyl (C=O) groups is 5. The van der Waals surface area contributed by atoms with Crippen molar-refractivity contribution in [1.82, 2.24) is 32.1 Å². The second kappa shape index (κ2) is 16.3. The Morgan fingerprint density at radius 1 is 0.775 bits per heavy atom. The molecule has 6 amide bonds. The molecule has 0 bridgehead atoms. The summed E-state index contributed by atoms with van der Waals surface area (Å²) in [5.74, 6) is -2.97. The van der Waals surface area contributed by atoms with Crippen molar-refractivity contribution in [2.45, 2.75) is 52.2 Å². The van der Waals surface area contributed by atoms with E-state index in [2.05, 4.69) is 32.1 Å². The molecule has 2 rings (SSSR count). The number of aromatic hydroxyl groups is 1. The summed E-state index contributed by atoms with van der Waals surface area (Å²) < 4.78 is 10.7. The third kappa shape index (κ3) is 11.1. The molecular formula is C26H40N6O8. The van der Waals surface area contributed by atoms with Crippen molar-refractivity contribution in [2.75, 3.05) is 33.0 Å². The fourth-order valence-electron chi connectivity index (χ4n) is 3.74. The highest BCUT2D eigenvalue weighted by atomic mass is 16.5. The lowest BCUT2D eigenvalue weighted by Crippen LogP contribution is -2.60. The van der Waals surface area contributed by atoms with E-state index >= 15 is 0 Å². The van der Waals surface area contributed by atoms with Crippen molar-refractivity contribution in [3.8, 4) is 5.75 Å². The summed E-state index contributed by atoms with van der Waals surface area (Å²) in [6.45, 7) is 7.14. The number of hydrazine groups is 1. The van der Waals surface area contributed by atoms with Crippen molar-refractivity contribution >= 4 is 29.7 Å². The number of carbonyl (C=O) groups excluding carboxylic acids is 5. The van der Waals surface area contributed by atoms with Crippen molar-refractivity contribution in [2.24, 2.45) is 11.8 Å². The monoisotopic (exact) mass is 564 g/mol. The molecule has 0 unspecified atom stereocenters. The Hall–Kier alpha value is -3.91. The average molecular weight is 565 g/mol. The molecule has 14 nitrogen and oxygen atoms in total. The topological polar surface area (TPSA) is 196 Å². The molecule has 14 heteroatoms. The van der Waals surface area contributed by atoms with E-state index in [0.29, 0.717) is 5.56 Å². The number of nitrogens with one attached hydrogen (secondary N) is 6. The highest BCUT2D eigenvalue weighted by molar-refractivity contribution is 5.93. The van der Waals surface area contributed by atoms with Crippen LogP contribution in [-0.4, -0.2) is 85.9 Å². The maximum atomic E-state index is 12.9. The molecule has 40 heavy (non-hydrogen) atoms. The van der Waals surface area contributed by atoms with Crippen LogP contribution in [0.1, 0.15) is 33.3 Å². The third-order valence-corrected chi connectivity index (χ3v) is 5.96. The molecule has 222 valence electrons. The lowest BCUT2D eigenvalue weighted by molar-refractivity contribution is -0.135. The van der Waals surface area contributed by atoms with E-state index < -0.39 is 47.8 Å². The predicted octanol–water partition coefficient (Wildman–Crippen LogP) is -0.922. The second-order valence-corrected chi connectivity index (χ2v) is 9.99. The number of phenolic OH excluding ortho intramolecular Hbond substituents is 1. The lowest BCUT2D eigenvalue weighted by atomic mass is 10.0. The van der Waals surface area contributed by atoms with Gasteiger partial charge in [-0.2, -0.15) is 0 Å². The van der Waals surface area contributed by atoms with Crippen LogP contribution in [0.15, 0.2) is 24.3 Å². The van der Waals surface area contributed by atoms with Crippen LogP contribution in [0.3, 0.4) is 0 Å². The molecule has 0 radical (unpaired) electrons. The van der Waals surface area contributed by atoms with Crippen molar-refractivity contribution in [1.29, 1.82) is 0 Å². The number of phenols is 1. The number of ether oxygens (including phenoxy) is 2. The molecule has 1 fully saturated rings. The third-order valence-electron chi connectivity index (χ3n) is 5.96. The SMILES string of the molecule is CC(C)[C@@H]1NC(=O)COCCOCCNC(=O)[C@H](Cc2ccc(O)cc2)NC(=O)N[C@@H](C(C)C)C(=O)NNC1=O. The summed E-state index contributed by atoms with van der Waals surface area (Å²) in [7, 11) is 0. The van der Waals surface area contributed by atoms with Gasteiger partial charge in [0.2, 0.25) is 11.8 Å². The molecule has 1 aliphatic rings. The minimum absolute atomic E-state index is 0.0599. The van der Waals surface area contributed by atoms with E-state index in [-0.39, 0.29) is 57.0 Å². The first-order valence-electron chi connectivity index (χ1n) is 13.1. The Bertz CT molecular complexity index is 1020. The Labute approximate surface area is 233 Å². The number of amides is 6. The predicted molar refractivity (Wildman–Crippen MR) is 144 cm³/mol. The van der Waals surface area contributed by atoms with Crippen LogP contribution in [-0.2, 0) is 35.1 Å². The zero-order chi connectivity index (χ0) is 29.7. The molecule has 0 saturated carbocycles. The minimum atomic E-state index is -1.07. The molecule has 1 saturated heterocycles. The zero-order valence-electron chi connectivity index (χ0n) is 23.2. The maximum Gasteiger partial charge on any atom is 0.316 e. The molecule has 0 aliphatic carbocycles. The highest BCUT2D eigenvalue weighted by Crippen LogP contribution is 2.12. The summed E-state index contributed by atoms with van der Waals surface area (Å²) in [5, 5.41) is 20.0. The van der Waals surface area contributed by atoms with Crippen LogP contribution >= 0.6 is 0 Å². The van der Waals surface area contributed by atoms with Gasteiger partial charge in [-0.25, -0.2) is 4.79 Å². The van der Waals surface area contributed by atoms with Gasteiger partial charge in [0.05, 0.1) is 19.8 Å². The van der Waals surface area contributed by atoms with Gasteiger partial charge < -0.3 is 35.8 Å². The number of benzene rings is 1. The number of hydrogen-bond donors (Lipinski definition) is 7. The molecule has 7 N–H and O–H groups in total. The van der Waals surface area contributed by atoms with Gasteiger partial charge in [-0.1, -0.05) is 39.8 Å². The van der Waals surface area contributed by atoms with Crippen LogP contribution < -0.4 is 32.1 Å². The number of rotatable bonds is 4. The largest absolute Gasteiger partial charge is 0.508 e. The van der Waals surface area contributed by atoms with Crippen LogP contribution in [0, 0.1) is 11.8 Å². The molecule has 0 spiro atoms. The summed E-state index contributed by atoms with van der Waals surface area (Å²) in [5.41, 5.74) is 5.28. The standard InChI is InChI=1S/C26H40N6O8/c1-15(2)21-24(36)31-32-25(37)22(16(3)4)30-26(38)28-19(13-17-5-7-18(33)8-6-17)23(35)27-9-10-39-11-12-40-14-20(34)29-21/h5-8,15-16,19,21-22,33H,9-14H2,1-4H3,(H,27,35)(H,29,34)(H,31,36)(H,32,37)(H2,28,30,38)/t19-,21-,22-/m0/s1. The fourth-order valence-corrected chi connectivity index (χ4v) is 3.74. The molecule has 1 aromatic rings. The van der Waals surface area contributed by atoms with Gasteiger partial charge in [-0.3, -0.25) is 30.0 Å². The summed E-state index contributed by atoms with van der Waals surface area (Å²) in [4.78, 5) is 63.7. The molecule has 1 aromatic carbocycles. The normalized spacial score (nSPS) is 23.1. The van der Waals surface area contributed by atoms with Crippen LogP contribution in [0.2, 0.25) is 0 Å². The maximum absolute atomic E-state index is 12.9. The van der Waals surface area contributed by atoms with Crippen LogP contribution in [0.25, 0.3) is 0 Å². The van der Waals surface area contributed by atoms with Crippen LogP contribution in [0.4, 0.5) is 4.79 Å². The first kappa shape index (κ1) is 32.3. The van der Waals surface area contributed by atoms with Gasteiger partial charge in [-0.15, -0.1) is 0 Å². The number of hydrogen-bond acceptors (Lipinski definition) is 8. The molecule has 0 aromatic heterocycles.